The minimum atomic E-state index is -1.51. The first-order chi connectivity index (χ1) is 25.8. The van der Waals surface area contributed by atoms with E-state index in [1.54, 1.807) is 25.1 Å². The lowest BCUT2D eigenvalue weighted by molar-refractivity contribution is -0.256. The lowest BCUT2D eigenvalue weighted by Gasteiger charge is -2.59. The van der Waals surface area contributed by atoms with Crippen LogP contribution in [0.2, 0.25) is 0 Å². The monoisotopic (exact) mass is 765 g/mol. The largest absolute Gasteiger partial charge is 0.459 e. The molecule has 1 aliphatic heterocycles. The van der Waals surface area contributed by atoms with E-state index in [1.807, 2.05) is 6.07 Å². The number of fused-ring (bicyclic) bond motifs is 2. The number of rotatable bonds is 22. The van der Waals surface area contributed by atoms with Crippen LogP contribution in [0.15, 0.2) is 47.7 Å². The Kier molecular flexibility index (Phi) is 17.2. The zero-order chi connectivity index (χ0) is 38.2. The van der Waals surface area contributed by atoms with E-state index in [2.05, 4.69) is 23.1 Å². The van der Waals surface area contributed by atoms with Crippen LogP contribution in [0.1, 0.15) is 63.4 Å². The van der Waals surface area contributed by atoms with Gasteiger partial charge in [0.05, 0.1) is 43.9 Å². The Labute approximate surface area is 317 Å². The number of aliphatic hydroxyl groups excluding tert-OH is 3. The number of oxime groups is 1. The number of amides is 2. The molecule has 1 saturated carbocycles. The summed E-state index contributed by atoms with van der Waals surface area (Å²) in [4.78, 5) is 33.5. The van der Waals surface area contributed by atoms with Gasteiger partial charge in [0.25, 0.3) is 0 Å². The molecule has 4 N–H and O–H groups in total. The number of allylic oxidation sites excluding steroid dienone is 1. The number of carbonyl (C=O) groups excluding carboxylic acids is 2. The van der Waals surface area contributed by atoms with Gasteiger partial charge in [-0.25, -0.2) is 9.59 Å². The van der Waals surface area contributed by atoms with Crippen molar-refractivity contribution in [1.82, 2.24) is 10.2 Å². The van der Waals surface area contributed by atoms with Crippen molar-refractivity contribution in [3.63, 3.8) is 0 Å². The summed E-state index contributed by atoms with van der Waals surface area (Å²) >= 11 is 5.95. The third kappa shape index (κ3) is 10.2. The number of hydrogen-bond acceptors (Lipinski definition) is 12. The first kappa shape index (κ1) is 42.3. The normalized spacial score (nSPS) is 25.0. The molecule has 0 spiro atoms. The second kappa shape index (κ2) is 21.5. The number of benzene rings is 1. The summed E-state index contributed by atoms with van der Waals surface area (Å²) in [5.41, 5.74) is 2.27. The lowest BCUT2D eigenvalue weighted by atomic mass is 9.55. The minimum Gasteiger partial charge on any atom is -0.459 e. The van der Waals surface area contributed by atoms with Gasteiger partial charge in [0, 0.05) is 44.2 Å². The van der Waals surface area contributed by atoms with Crippen LogP contribution in [0.3, 0.4) is 0 Å². The fourth-order valence-corrected chi connectivity index (χ4v) is 8.10. The number of alkyl halides is 1. The topological polar surface area (TPSA) is 178 Å². The highest BCUT2D eigenvalue weighted by Gasteiger charge is 2.65. The average molecular weight is 766 g/mol. The molecule has 1 aromatic rings. The van der Waals surface area contributed by atoms with Crippen LogP contribution in [-0.2, 0) is 19.0 Å². The van der Waals surface area contributed by atoms with Crippen molar-refractivity contribution in [3.8, 4) is 11.5 Å². The Balaban J connectivity index is 2.00. The maximum atomic E-state index is 14.0. The molecule has 0 bridgehead atoms. The van der Waals surface area contributed by atoms with Gasteiger partial charge in [0.1, 0.15) is 31.3 Å². The van der Waals surface area contributed by atoms with Gasteiger partial charge >= 0.3 is 12.2 Å². The van der Waals surface area contributed by atoms with E-state index in [0.717, 1.165) is 36.8 Å². The van der Waals surface area contributed by atoms with Crippen molar-refractivity contribution in [2.75, 3.05) is 72.3 Å². The van der Waals surface area contributed by atoms with Crippen molar-refractivity contribution < 1.29 is 53.4 Å². The molecule has 6 unspecified atom stereocenters. The van der Waals surface area contributed by atoms with Crippen molar-refractivity contribution in [2.24, 2.45) is 22.9 Å². The summed E-state index contributed by atoms with van der Waals surface area (Å²) < 4.78 is 30.9. The molecule has 4 rings (SSSR count). The highest BCUT2D eigenvalue weighted by molar-refractivity contribution is 6.18. The molecule has 2 amide bonds. The molecule has 1 heterocycles. The number of carbonyl (C=O) groups is 2. The van der Waals surface area contributed by atoms with Gasteiger partial charge in [-0.15, -0.1) is 18.2 Å². The predicted octanol–water partition coefficient (Wildman–Crippen LogP) is 4.74. The highest BCUT2D eigenvalue weighted by atomic mass is 35.5. The van der Waals surface area contributed by atoms with Gasteiger partial charge in [-0.05, 0) is 68.2 Å². The van der Waals surface area contributed by atoms with Gasteiger partial charge in [-0.1, -0.05) is 30.1 Å². The molecule has 1 aromatic carbocycles. The molecular formula is C38H56ClN3O11. The zero-order valence-corrected chi connectivity index (χ0v) is 31.6. The second-order valence-electron chi connectivity index (χ2n) is 13.2. The summed E-state index contributed by atoms with van der Waals surface area (Å²) in [5.74, 6) is -1.43. The van der Waals surface area contributed by atoms with Gasteiger partial charge in [-0.3, -0.25) is 4.90 Å². The minimum absolute atomic E-state index is 0.0184. The van der Waals surface area contributed by atoms with Crippen molar-refractivity contribution in [2.45, 2.75) is 69.6 Å². The number of nitrogens with one attached hydrogen (secondary N) is 1. The van der Waals surface area contributed by atoms with Crippen LogP contribution in [0.25, 0.3) is 0 Å². The first-order valence-corrected chi connectivity index (χ1v) is 19.1. The Morgan fingerprint density at radius 1 is 1.11 bits per heavy atom. The number of halogens is 1. The van der Waals surface area contributed by atoms with Crippen LogP contribution in [0.5, 0.6) is 11.5 Å². The fraction of sp³-hybridized carbons (Fsp3) is 0.658. The summed E-state index contributed by atoms with van der Waals surface area (Å²) in [6.07, 6.45) is 7.11. The lowest BCUT2D eigenvalue weighted by Crippen LogP contribution is -2.70. The molecule has 14 nitrogen and oxygen atoms in total. The molecule has 1 fully saturated rings. The molecule has 296 valence electrons. The number of aliphatic hydroxyl groups is 3. The fourth-order valence-electron chi connectivity index (χ4n) is 8.02. The number of unbranched alkanes of at least 4 members (excludes halogenated alkanes) is 2. The van der Waals surface area contributed by atoms with E-state index in [1.165, 1.54) is 12.0 Å². The van der Waals surface area contributed by atoms with Crippen molar-refractivity contribution in [3.05, 3.63) is 48.1 Å². The van der Waals surface area contributed by atoms with Gasteiger partial charge in [-0.2, -0.15) is 0 Å². The first-order valence-electron chi connectivity index (χ1n) is 18.6. The van der Waals surface area contributed by atoms with E-state index in [0.29, 0.717) is 36.6 Å². The van der Waals surface area contributed by atoms with Crippen LogP contribution in [0.4, 0.5) is 9.59 Å². The molecule has 0 saturated heterocycles. The summed E-state index contributed by atoms with van der Waals surface area (Å²) in [5, 5.41) is 36.1. The summed E-state index contributed by atoms with van der Waals surface area (Å²) in [6.45, 7) is 6.38. The van der Waals surface area contributed by atoms with Crippen LogP contribution in [0, 0.1) is 17.8 Å². The number of nitrogens with zero attached hydrogens (tertiary/aromatic N) is 2. The van der Waals surface area contributed by atoms with E-state index < -0.39 is 29.9 Å². The number of hydrogen-bond donors (Lipinski definition) is 4. The smallest absolute Gasteiger partial charge is 0.412 e. The van der Waals surface area contributed by atoms with Crippen molar-refractivity contribution >= 4 is 29.5 Å². The van der Waals surface area contributed by atoms with Crippen LogP contribution >= 0.6 is 11.6 Å². The van der Waals surface area contributed by atoms with E-state index in [9.17, 15) is 24.9 Å². The third-order valence-electron chi connectivity index (χ3n) is 10.0. The third-order valence-corrected chi connectivity index (χ3v) is 10.2. The quantitative estimate of drug-likeness (QED) is 0.0555. The van der Waals surface area contributed by atoms with Gasteiger partial charge in [0.15, 0.2) is 0 Å². The standard InChI is InChI=1S/C38H56ClN3O11/c1-4-19-51-38-33(42(15-21-49-22-18-45)37(47)50-20-14-39)25-31(41-48-3)29-23-26(10-6-8-16-43)28(11-7-9-17-44)34(35(29)38)30-24-27(12-13-32(30)53-38)52-36(46)40-5-2/h4,12-13,23-24,26,28,33-35,43-45H,1,5-11,14-22,25H2,2-3H3,(H,40,46). The van der Waals surface area contributed by atoms with Gasteiger partial charge < -0.3 is 49.2 Å². The molecule has 15 heteroatoms. The molecular weight excluding hydrogens is 710 g/mol. The van der Waals surface area contributed by atoms with Gasteiger partial charge in [0.2, 0.25) is 5.79 Å². The highest BCUT2D eigenvalue weighted by Crippen LogP contribution is 2.62. The van der Waals surface area contributed by atoms with Crippen LogP contribution < -0.4 is 14.8 Å². The van der Waals surface area contributed by atoms with E-state index >= 15 is 0 Å². The molecule has 0 radical (unpaired) electrons. The summed E-state index contributed by atoms with van der Waals surface area (Å²) in [6, 6.07) is 4.44. The molecule has 3 aliphatic rings. The molecule has 2 aliphatic carbocycles. The number of ether oxygens (including phenoxy) is 5. The maximum Gasteiger partial charge on any atom is 0.412 e. The van der Waals surface area contributed by atoms with Crippen molar-refractivity contribution in [1.29, 1.82) is 0 Å². The molecule has 6 atom stereocenters. The second-order valence-corrected chi connectivity index (χ2v) is 13.6. The average Bonchev–Trinajstić information content (AvgIpc) is 3.15. The Morgan fingerprint density at radius 2 is 1.89 bits per heavy atom. The Bertz CT molecular complexity index is 1410. The van der Waals surface area contributed by atoms with E-state index in [-0.39, 0.29) is 82.8 Å². The molecule has 0 aromatic heterocycles. The predicted molar refractivity (Wildman–Crippen MR) is 198 cm³/mol. The maximum absolute atomic E-state index is 14.0. The summed E-state index contributed by atoms with van der Waals surface area (Å²) in [7, 11) is 1.47. The van der Waals surface area contributed by atoms with Crippen LogP contribution in [-0.4, -0.2) is 122 Å². The molecule has 53 heavy (non-hydrogen) atoms. The zero-order valence-electron chi connectivity index (χ0n) is 30.9. The Morgan fingerprint density at radius 3 is 2.57 bits per heavy atom. The SMILES string of the molecule is C=CCOC12Oc3ccc(OC(=O)NCC)cc3C3C(CCCCO)C(CCCCO)C=C(C(=NOC)CC1N(CCOCCO)C(=O)OCCCl)C32. The Hall–Kier alpha value is -3.40. The van der Waals surface area contributed by atoms with E-state index in [4.69, 9.17) is 40.1 Å².